The summed E-state index contributed by atoms with van der Waals surface area (Å²) < 4.78 is 13.0. The minimum absolute atomic E-state index is 0.252. The molecule has 5 heteroatoms. The van der Waals surface area contributed by atoms with Gasteiger partial charge in [0, 0.05) is 17.3 Å². The minimum Gasteiger partial charge on any atom is -0.275 e. The van der Waals surface area contributed by atoms with E-state index in [0.717, 1.165) is 34.6 Å². The van der Waals surface area contributed by atoms with Crippen LogP contribution in [-0.4, -0.2) is 20.2 Å². The molecule has 0 saturated heterocycles. The summed E-state index contributed by atoms with van der Waals surface area (Å²) in [6, 6.07) is 8.17. The van der Waals surface area contributed by atoms with Gasteiger partial charge in [0.15, 0.2) is 0 Å². The Labute approximate surface area is 115 Å². The maximum absolute atomic E-state index is 13.0. The molecule has 0 aliphatic heterocycles. The molecule has 0 bridgehead atoms. The quantitative estimate of drug-likeness (QED) is 0.793. The monoisotopic (exact) mass is 268 g/mol. The SMILES string of the molecule is CCc1c(-c2ccc(F)cc2)n[nH]c1-c1ccncn1. The summed E-state index contributed by atoms with van der Waals surface area (Å²) in [7, 11) is 0. The first-order valence-electron chi connectivity index (χ1n) is 6.39. The number of aromatic amines is 1. The van der Waals surface area contributed by atoms with E-state index in [2.05, 4.69) is 27.1 Å². The van der Waals surface area contributed by atoms with Gasteiger partial charge in [-0.05, 0) is 36.8 Å². The highest BCUT2D eigenvalue weighted by Gasteiger charge is 2.15. The topological polar surface area (TPSA) is 54.5 Å². The third-order valence-electron chi connectivity index (χ3n) is 3.18. The molecule has 2 aromatic heterocycles. The molecule has 2 heterocycles. The molecular weight excluding hydrogens is 255 g/mol. The van der Waals surface area contributed by atoms with Gasteiger partial charge in [-0.15, -0.1) is 0 Å². The Morgan fingerprint density at radius 3 is 2.60 bits per heavy atom. The smallest absolute Gasteiger partial charge is 0.123 e. The number of rotatable bonds is 3. The molecule has 0 fully saturated rings. The summed E-state index contributed by atoms with van der Waals surface area (Å²) in [6.45, 7) is 2.06. The van der Waals surface area contributed by atoms with Crippen LogP contribution in [0.4, 0.5) is 4.39 Å². The van der Waals surface area contributed by atoms with Crippen LogP contribution in [0.5, 0.6) is 0 Å². The van der Waals surface area contributed by atoms with Crippen LogP contribution < -0.4 is 0 Å². The molecule has 100 valence electrons. The zero-order valence-electron chi connectivity index (χ0n) is 11.0. The van der Waals surface area contributed by atoms with Crippen LogP contribution in [0.3, 0.4) is 0 Å². The average Bonchev–Trinajstić information content (AvgIpc) is 2.93. The number of nitrogens with zero attached hydrogens (tertiary/aromatic N) is 3. The van der Waals surface area contributed by atoms with Crippen LogP contribution >= 0.6 is 0 Å². The number of halogens is 1. The fourth-order valence-corrected chi connectivity index (χ4v) is 2.21. The maximum Gasteiger partial charge on any atom is 0.123 e. The Balaban J connectivity index is 2.10. The summed E-state index contributed by atoms with van der Waals surface area (Å²) in [4.78, 5) is 8.15. The second-order valence-electron chi connectivity index (χ2n) is 4.38. The highest BCUT2D eigenvalue weighted by Crippen LogP contribution is 2.29. The predicted molar refractivity (Wildman–Crippen MR) is 74.4 cm³/mol. The fraction of sp³-hybridized carbons (Fsp3) is 0.133. The molecule has 0 amide bonds. The van der Waals surface area contributed by atoms with Crippen molar-refractivity contribution in [2.45, 2.75) is 13.3 Å². The van der Waals surface area contributed by atoms with Crippen molar-refractivity contribution in [3.63, 3.8) is 0 Å². The third kappa shape index (κ3) is 2.18. The zero-order chi connectivity index (χ0) is 13.9. The number of hydrogen-bond donors (Lipinski definition) is 1. The summed E-state index contributed by atoms with van der Waals surface area (Å²) in [5.41, 5.74) is 4.48. The van der Waals surface area contributed by atoms with Crippen molar-refractivity contribution in [1.29, 1.82) is 0 Å². The van der Waals surface area contributed by atoms with Crippen molar-refractivity contribution in [3.8, 4) is 22.6 Å². The van der Waals surface area contributed by atoms with E-state index in [1.807, 2.05) is 6.07 Å². The van der Waals surface area contributed by atoms with E-state index in [4.69, 9.17) is 0 Å². The Bertz CT molecular complexity index is 704. The molecule has 0 atom stereocenters. The van der Waals surface area contributed by atoms with Crippen molar-refractivity contribution in [3.05, 3.63) is 54.2 Å². The molecule has 0 saturated carbocycles. The normalized spacial score (nSPS) is 10.7. The maximum atomic E-state index is 13.0. The van der Waals surface area contributed by atoms with Gasteiger partial charge in [0.05, 0.1) is 17.1 Å². The Kier molecular flexibility index (Phi) is 3.25. The van der Waals surface area contributed by atoms with Gasteiger partial charge in [0.1, 0.15) is 12.1 Å². The highest BCUT2D eigenvalue weighted by atomic mass is 19.1. The summed E-state index contributed by atoms with van der Waals surface area (Å²) in [5.74, 6) is -0.252. The third-order valence-corrected chi connectivity index (χ3v) is 3.18. The largest absolute Gasteiger partial charge is 0.275 e. The van der Waals surface area contributed by atoms with Crippen LogP contribution in [-0.2, 0) is 6.42 Å². The van der Waals surface area contributed by atoms with E-state index >= 15 is 0 Å². The number of benzene rings is 1. The second-order valence-corrected chi connectivity index (χ2v) is 4.38. The second kappa shape index (κ2) is 5.21. The molecule has 0 spiro atoms. The van der Waals surface area contributed by atoms with E-state index in [-0.39, 0.29) is 5.82 Å². The van der Waals surface area contributed by atoms with Crippen molar-refractivity contribution < 1.29 is 4.39 Å². The predicted octanol–water partition coefficient (Wildman–Crippen LogP) is 3.24. The van der Waals surface area contributed by atoms with E-state index in [9.17, 15) is 4.39 Å². The molecule has 1 N–H and O–H groups in total. The Morgan fingerprint density at radius 2 is 1.95 bits per heavy atom. The molecular formula is C15H13FN4. The molecule has 1 aromatic carbocycles. The summed E-state index contributed by atoms with van der Waals surface area (Å²) in [6.07, 6.45) is 4.01. The standard InChI is InChI=1S/C15H13FN4/c1-2-12-14(10-3-5-11(16)6-4-10)19-20-15(12)13-7-8-17-9-18-13/h3-9H,2H2,1H3,(H,19,20). The van der Waals surface area contributed by atoms with Gasteiger partial charge < -0.3 is 0 Å². The van der Waals surface area contributed by atoms with Gasteiger partial charge in [-0.2, -0.15) is 5.10 Å². The van der Waals surface area contributed by atoms with Gasteiger partial charge in [0.2, 0.25) is 0 Å². The summed E-state index contributed by atoms with van der Waals surface area (Å²) >= 11 is 0. The van der Waals surface area contributed by atoms with Gasteiger partial charge in [-0.25, -0.2) is 14.4 Å². The molecule has 0 radical (unpaired) electrons. The lowest BCUT2D eigenvalue weighted by Crippen LogP contribution is -1.90. The molecule has 0 unspecified atom stereocenters. The van der Waals surface area contributed by atoms with E-state index in [1.54, 1.807) is 18.3 Å². The van der Waals surface area contributed by atoms with Crippen LogP contribution in [0.15, 0.2) is 42.9 Å². The van der Waals surface area contributed by atoms with Crippen molar-refractivity contribution >= 4 is 0 Å². The number of H-pyrrole nitrogens is 1. The fourth-order valence-electron chi connectivity index (χ4n) is 2.21. The lowest BCUT2D eigenvalue weighted by atomic mass is 10.0. The molecule has 0 aliphatic carbocycles. The molecule has 4 nitrogen and oxygen atoms in total. The molecule has 3 rings (SSSR count). The van der Waals surface area contributed by atoms with Gasteiger partial charge in [0.25, 0.3) is 0 Å². The van der Waals surface area contributed by atoms with E-state index < -0.39 is 0 Å². The molecule has 0 aliphatic rings. The minimum atomic E-state index is -0.252. The Hall–Kier alpha value is -2.56. The zero-order valence-corrected chi connectivity index (χ0v) is 11.0. The number of aromatic nitrogens is 4. The van der Waals surface area contributed by atoms with Gasteiger partial charge in [-0.3, -0.25) is 5.10 Å². The number of nitrogens with one attached hydrogen (secondary N) is 1. The lowest BCUT2D eigenvalue weighted by Gasteiger charge is -2.03. The first-order valence-corrected chi connectivity index (χ1v) is 6.39. The van der Waals surface area contributed by atoms with Crippen LogP contribution in [0.1, 0.15) is 12.5 Å². The van der Waals surface area contributed by atoms with Crippen molar-refractivity contribution in [2.75, 3.05) is 0 Å². The average molecular weight is 268 g/mol. The van der Waals surface area contributed by atoms with Crippen molar-refractivity contribution in [1.82, 2.24) is 20.2 Å². The number of hydrogen-bond acceptors (Lipinski definition) is 3. The van der Waals surface area contributed by atoms with E-state index in [1.165, 1.54) is 18.5 Å². The van der Waals surface area contributed by atoms with Crippen molar-refractivity contribution in [2.24, 2.45) is 0 Å². The molecule has 3 aromatic rings. The first-order chi connectivity index (χ1) is 9.79. The molecule has 20 heavy (non-hydrogen) atoms. The van der Waals surface area contributed by atoms with Gasteiger partial charge >= 0.3 is 0 Å². The summed E-state index contributed by atoms with van der Waals surface area (Å²) in [5, 5.41) is 7.38. The first kappa shape index (κ1) is 12.5. The van der Waals surface area contributed by atoms with Crippen LogP contribution in [0.25, 0.3) is 22.6 Å². The highest BCUT2D eigenvalue weighted by molar-refractivity contribution is 5.72. The lowest BCUT2D eigenvalue weighted by molar-refractivity contribution is 0.628. The van der Waals surface area contributed by atoms with Crippen LogP contribution in [0, 0.1) is 5.82 Å². The van der Waals surface area contributed by atoms with Crippen LogP contribution in [0.2, 0.25) is 0 Å². The van der Waals surface area contributed by atoms with Gasteiger partial charge in [-0.1, -0.05) is 6.92 Å². The Morgan fingerprint density at radius 1 is 1.15 bits per heavy atom. The van der Waals surface area contributed by atoms with E-state index in [0.29, 0.717) is 0 Å².